The number of hydrogen-bond donors (Lipinski definition) is 1. The van der Waals surface area contributed by atoms with E-state index in [-0.39, 0.29) is 6.04 Å². The number of imidazole rings is 1. The maximum Gasteiger partial charge on any atom is 0.203 e. The van der Waals surface area contributed by atoms with Crippen LogP contribution in [0.1, 0.15) is 36.4 Å². The lowest BCUT2D eigenvalue weighted by atomic mass is 10.3. The summed E-state index contributed by atoms with van der Waals surface area (Å²) < 4.78 is 3.04. The van der Waals surface area contributed by atoms with E-state index in [4.69, 9.17) is 11.6 Å². The number of rotatable bonds is 4. The third kappa shape index (κ3) is 2.40. The Morgan fingerprint density at radius 3 is 2.89 bits per heavy atom. The van der Waals surface area contributed by atoms with E-state index in [9.17, 15) is 0 Å². The molecule has 0 radical (unpaired) electrons. The van der Waals surface area contributed by atoms with Crippen molar-refractivity contribution in [1.82, 2.24) is 9.55 Å². The molecule has 1 fully saturated rings. The maximum absolute atomic E-state index is 6.01. The summed E-state index contributed by atoms with van der Waals surface area (Å²) >= 11 is 7.64. The molecule has 3 nitrogen and oxygen atoms in total. The average molecular weight is 282 g/mol. The molecule has 0 saturated heterocycles. The van der Waals surface area contributed by atoms with Gasteiger partial charge in [-0.25, -0.2) is 4.98 Å². The van der Waals surface area contributed by atoms with Gasteiger partial charge in [0.1, 0.15) is 0 Å². The van der Waals surface area contributed by atoms with Gasteiger partial charge in [-0.15, -0.1) is 11.3 Å². The highest BCUT2D eigenvalue weighted by Gasteiger charge is 2.24. The number of halogens is 1. The molecule has 1 saturated carbocycles. The molecule has 2 aromatic rings. The predicted octanol–water partition coefficient (Wildman–Crippen LogP) is 4.09. The van der Waals surface area contributed by atoms with Gasteiger partial charge >= 0.3 is 0 Å². The van der Waals surface area contributed by atoms with Crippen LogP contribution in [0.2, 0.25) is 4.34 Å². The molecule has 2 heterocycles. The quantitative estimate of drug-likeness (QED) is 0.915. The number of nitrogens with zero attached hydrogens (tertiary/aromatic N) is 2. The van der Waals surface area contributed by atoms with Gasteiger partial charge in [-0.1, -0.05) is 11.6 Å². The number of hydrogen-bond acceptors (Lipinski definition) is 3. The number of anilines is 1. The highest BCUT2D eigenvalue weighted by molar-refractivity contribution is 7.16. The molecule has 2 aromatic heterocycles. The van der Waals surface area contributed by atoms with Gasteiger partial charge in [-0.3, -0.25) is 0 Å². The first kappa shape index (κ1) is 12.1. The van der Waals surface area contributed by atoms with Crippen molar-refractivity contribution in [3.63, 3.8) is 0 Å². The zero-order valence-electron chi connectivity index (χ0n) is 10.5. The van der Waals surface area contributed by atoms with Crippen LogP contribution >= 0.6 is 22.9 Å². The second-order valence-electron chi connectivity index (χ2n) is 4.85. The lowest BCUT2D eigenvalue weighted by Gasteiger charge is -2.15. The summed E-state index contributed by atoms with van der Waals surface area (Å²) in [6, 6.07) is 4.93. The molecule has 0 spiro atoms. The van der Waals surface area contributed by atoms with Crippen molar-refractivity contribution in [1.29, 1.82) is 0 Å². The molecule has 0 bridgehead atoms. The second kappa shape index (κ2) is 4.59. The van der Waals surface area contributed by atoms with E-state index >= 15 is 0 Å². The van der Waals surface area contributed by atoms with Crippen molar-refractivity contribution < 1.29 is 0 Å². The van der Waals surface area contributed by atoms with Crippen molar-refractivity contribution in [2.75, 3.05) is 5.32 Å². The van der Waals surface area contributed by atoms with Crippen LogP contribution in [-0.4, -0.2) is 15.6 Å². The summed E-state index contributed by atoms with van der Waals surface area (Å²) in [5.74, 6) is 0.979. The fourth-order valence-electron chi connectivity index (χ4n) is 2.02. The van der Waals surface area contributed by atoms with Gasteiger partial charge in [0.25, 0.3) is 0 Å². The van der Waals surface area contributed by atoms with Crippen LogP contribution in [0.3, 0.4) is 0 Å². The third-order valence-electron chi connectivity index (χ3n) is 3.19. The standard InChI is InChI=1S/C13H16ClN3S/c1-8-7-17(13(15-8)16-10-3-4-10)9(2)11-5-6-12(14)18-11/h5-7,9-10H,3-4H2,1-2H3,(H,15,16). The number of nitrogens with one attached hydrogen (secondary N) is 1. The molecule has 3 rings (SSSR count). The molecule has 0 aromatic carbocycles. The molecule has 1 unspecified atom stereocenters. The van der Waals surface area contributed by atoms with Crippen LogP contribution in [0.5, 0.6) is 0 Å². The molecule has 96 valence electrons. The van der Waals surface area contributed by atoms with E-state index in [2.05, 4.69) is 34.1 Å². The van der Waals surface area contributed by atoms with Gasteiger partial charge in [0.05, 0.1) is 16.1 Å². The summed E-state index contributed by atoms with van der Waals surface area (Å²) in [4.78, 5) is 5.83. The van der Waals surface area contributed by atoms with Crippen molar-refractivity contribution in [2.24, 2.45) is 0 Å². The monoisotopic (exact) mass is 281 g/mol. The van der Waals surface area contributed by atoms with Gasteiger partial charge in [0, 0.05) is 17.1 Å². The largest absolute Gasteiger partial charge is 0.353 e. The minimum Gasteiger partial charge on any atom is -0.353 e. The fourth-order valence-corrected chi connectivity index (χ4v) is 3.13. The normalized spacial score (nSPS) is 16.8. The highest BCUT2D eigenvalue weighted by atomic mass is 35.5. The van der Waals surface area contributed by atoms with E-state index in [1.807, 2.05) is 13.0 Å². The van der Waals surface area contributed by atoms with Gasteiger partial charge in [0.2, 0.25) is 5.95 Å². The summed E-state index contributed by atoms with van der Waals surface area (Å²) in [7, 11) is 0. The van der Waals surface area contributed by atoms with E-state index < -0.39 is 0 Å². The zero-order valence-corrected chi connectivity index (χ0v) is 12.1. The summed E-state index contributed by atoms with van der Waals surface area (Å²) in [6.07, 6.45) is 4.61. The first-order valence-electron chi connectivity index (χ1n) is 6.21. The van der Waals surface area contributed by atoms with Crippen LogP contribution in [0, 0.1) is 6.92 Å². The number of thiophene rings is 1. The van der Waals surface area contributed by atoms with Crippen LogP contribution in [0.25, 0.3) is 0 Å². The first-order valence-corrected chi connectivity index (χ1v) is 7.40. The molecular formula is C13H16ClN3S. The minimum atomic E-state index is 0.268. The van der Waals surface area contributed by atoms with E-state index in [0.717, 1.165) is 16.0 Å². The maximum atomic E-state index is 6.01. The van der Waals surface area contributed by atoms with Gasteiger partial charge in [-0.2, -0.15) is 0 Å². The Morgan fingerprint density at radius 2 is 2.28 bits per heavy atom. The Morgan fingerprint density at radius 1 is 1.50 bits per heavy atom. The first-order chi connectivity index (χ1) is 8.63. The Labute approximate surface area is 116 Å². The van der Waals surface area contributed by atoms with Gasteiger partial charge < -0.3 is 9.88 Å². The average Bonchev–Trinajstić information content (AvgIpc) is 2.91. The van der Waals surface area contributed by atoms with Crippen molar-refractivity contribution >= 4 is 28.9 Å². The minimum absolute atomic E-state index is 0.268. The Hall–Kier alpha value is -1.00. The lowest BCUT2D eigenvalue weighted by molar-refractivity contribution is 0.653. The zero-order chi connectivity index (χ0) is 12.7. The van der Waals surface area contributed by atoms with Crippen LogP contribution < -0.4 is 5.32 Å². The molecular weight excluding hydrogens is 266 g/mol. The smallest absolute Gasteiger partial charge is 0.203 e. The Bertz CT molecular complexity index is 556. The molecule has 0 amide bonds. The summed E-state index contributed by atoms with van der Waals surface area (Å²) in [6.45, 7) is 4.21. The van der Waals surface area contributed by atoms with Crippen LogP contribution in [0.4, 0.5) is 5.95 Å². The SMILES string of the molecule is Cc1cn(C(C)c2ccc(Cl)s2)c(NC2CC2)n1. The van der Waals surface area contributed by atoms with Crippen molar-refractivity contribution in [3.05, 3.63) is 33.2 Å². The number of aromatic nitrogens is 2. The number of aryl methyl sites for hydroxylation is 1. The topological polar surface area (TPSA) is 29.9 Å². The third-order valence-corrected chi connectivity index (χ3v) is 4.59. The van der Waals surface area contributed by atoms with Crippen LogP contribution in [-0.2, 0) is 0 Å². The second-order valence-corrected chi connectivity index (χ2v) is 6.60. The molecule has 1 N–H and O–H groups in total. The molecule has 1 atom stereocenters. The van der Waals surface area contributed by atoms with Crippen LogP contribution in [0.15, 0.2) is 18.3 Å². The van der Waals surface area contributed by atoms with Gasteiger partial charge in [0.15, 0.2) is 0 Å². The summed E-state index contributed by atoms with van der Waals surface area (Å²) in [5, 5.41) is 3.49. The van der Waals surface area contributed by atoms with E-state index in [0.29, 0.717) is 6.04 Å². The molecule has 1 aliphatic carbocycles. The molecule has 0 aliphatic heterocycles. The van der Waals surface area contributed by atoms with E-state index in [1.54, 1.807) is 11.3 Å². The summed E-state index contributed by atoms with van der Waals surface area (Å²) in [5.41, 5.74) is 1.05. The van der Waals surface area contributed by atoms with E-state index in [1.165, 1.54) is 17.7 Å². The Balaban J connectivity index is 1.89. The van der Waals surface area contributed by atoms with Gasteiger partial charge in [-0.05, 0) is 38.8 Å². The lowest BCUT2D eigenvalue weighted by Crippen LogP contribution is -2.12. The fraction of sp³-hybridized carbons (Fsp3) is 0.462. The predicted molar refractivity (Wildman–Crippen MR) is 76.8 cm³/mol. The van der Waals surface area contributed by atoms with Crippen molar-refractivity contribution in [2.45, 2.75) is 38.8 Å². The van der Waals surface area contributed by atoms with Crippen molar-refractivity contribution in [3.8, 4) is 0 Å². The highest BCUT2D eigenvalue weighted by Crippen LogP contribution is 2.32. The molecule has 1 aliphatic rings. The molecule has 5 heteroatoms. The molecule has 18 heavy (non-hydrogen) atoms. The Kier molecular flexibility index (Phi) is 3.08.